The lowest BCUT2D eigenvalue weighted by molar-refractivity contribution is 0.0981. The van der Waals surface area contributed by atoms with Crippen LogP contribution < -0.4 is 19.5 Å². The standard InChI is InChI=1S/C28H29NO5/c1-18-13-24-25(34-17-33-24)14-22(18)27(28(30-2)31-3)26-21-11-12-29-15-20(21)9-10-23(26)32-16-19-7-5-4-6-8-19/h4-10,13-14,29H,11-12,15-17H2,1-3H3. The smallest absolute Gasteiger partial charge is 0.287 e. The quantitative estimate of drug-likeness (QED) is 0.504. The van der Waals surface area contributed by atoms with Crippen molar-refractivity contribution in [1.82, 2.24) is 5.32 Å². The Balaban J connectivity index is 1.70. The Morgan fingerprint density at radius 1 is 0.971 bits per heavy atom. The third-order valence-electron chi connectivity index (χ3n) is 6.29. The molecular weight excluding hydrogens is 430 g/mol. The van der Waals surface area contributed by atoms with Crippen LogP contribution in [-0.4, -0.2) is 27.6 Å². The van der Waals surface area contributed by atoms with Gasteiger partial charge in [0.1, 0.15) is 12.4 Å². The summed E-state index contributed by atoms with van der Waals surface area (Å²) in [6.07, 6.45) is 0.876. The van der Waals surface area contributed by atoms with Crippen molar-refractivity contribution >= 4 is 5.57 Å². The molecule has 34 heavy (non-hydrogen) atoms. The lowest BCUT2D eigenvalue weighted by Crippen LogP contribution is -2.25. The molecular formula is C28H29NO5. The Hall–Kier alpha value is -3.64. The van der Waals surface area contributed by atoms with Crippen LogP contribution in [0.4, 0.5) is 0 Å². The minimum absolute atomic E-state index is 0.219. The fourth-order valence-electron chi connectivity index (χ4n) is 4.63. The molecule has 3 aromatic rings. The van der Waals surface area contributed by atoms with Crippen LogP contribution in [0.2, 0.25) is 0 Å². The highest BCUT2D eigenvalue weighted by atomic mass is 16.7. The van der Waals surface area contributed by atoms with Crippen LogP contribution in [0.3, 0.4) is 0 Å². The topological polar surface area (TPSA) is 58.2 Å². The fraction of sp³-hybridized carbons (Fsp3) is 0.286. The molecule has 6 heteroatoms. The molecule has 3 aromatic carbocycles. The average molecular weight is 460 g/mol. The summed E-state index contributed by atoms with van der Waals surface area (Å²) in [6.45, 7) is 4.45. The van der Waals surface area contributed by atoms with E-state index < -0.39 is 0 Å². The average Bonchev–Trinajstić information content (AvgIpc) is 3.33. The van der Waals surface area contributed by atoms with Crippen LogP contribution in [-0.2, 0) is 29.0 Å². The van der Waals surface area contributed by atoms with Crippen LogP contribution in [0.1, 0.15) is 33.4 Å². The van der Waals surface area contributed by atoms with Crippen molar-refractivity contribution in [3.63, 3.8) is 0 Å². The van der Waals surface area contributed by atoms with Gasteiger partial charge in [-0.3, -0.25) is 0 Å². The van der Waals surface area contributed by atoms with Gasteiger partial charge in [0.05, 0.1) is 19.8 Å². The molecule has 176 valence electrons. The normalized spacial score (nSPS) is 13.7. The van der Waals surface area contributed by atoms with Crippen molar-refractivity contribution < 1.29 is 23.7 Å². The molecule has 0 aromatic heterocycles. The number of ether oxygens (including phenoxy) is 5. The van der Waals surface area contributed by atoms with E-state index >= 15 is 0 Å². The molecule has 0 saturated heterocycles. The van der Waals surface area contributed by atoms with E-state index in [0.29, 0.717) is 18.3 Å². The first-order chi connectivity index (χ1) is 16.7. The molecule has 0 amide bonds. The predicted octanol–water partition coefficient (Wildman–Crippen LogP) is 4.96. The number of hydrogen-bond donors (Lipinski definition) is 1. The molecule has 2 heterocycles. The first kappa shape index (κ1) is 22.2. The maximum Gasteiger partial charge on any atom is 0.287 e. The van der Waals surface area contributed by atoms with Gasteiger partial charge in [0.25, 0.3) is 5.95 Å². The van der Waals surface area contributed by atoms with Crippen molar-refractivity contribution in [3.8, 4) is 17.2 Å². The van der Waals surface area contributed by atoms with Crippen molar-refractivity contribution in [1.29, 1.82) is 0 Å². The molecule has 0 unspecified atom stereocenters. The van der Waals surface area contributed by atoms with E-state index in [1.54, 1.807) is 14.2 Å². The summed E-state index contributed by atoms with van der Waals surface area (Å²) < 4.78 is 29.3. The molecule has 2 aliphatic rings. The minimum Gasteiger partial charge on any atom is -0.488 e. The zero-order chi connectivity index (χ0) is 23.5. The van der Waals surface area contributed by atoms with Crippen molar-refractivity contribution in [3.05, 3.63) is 93.9 Å². The Labute approximate surface area is 200 Å². The highest BCUT2D eigenvalue weighted by Crippen LogP contribution is 2.44. The number of aryl methyl sites for hydroxylation is 1. The Bertz CT molecular complexity index is 1210. The van der Waals surface area contributed by atoms with Crippen molar-refractivity contribution in [2.75, 3.05) is 27.6 Å². The summed E-state index contributed by atoms with van der Waals surface area (Å²) in [7, 11) is 3.26. The first-order valence-corrected chi connectivity index (χ1v) is 11.4. The van der Waals surface area contributed by atoms with E-state index in [1.807, 2.05) is 30.3 Å². The molecule has 6 nitrogen and oxygen atoms in total. The van der Waals surface area contributed by atoms with E-state index in [4.69, 9.17) is 23.7 Å². The van der Waals surface area contributed by atoms with E-state index in [2.05, 4.69) is 36.5 Å². The molecule has 0 atom stereocenters. The van der Waals surface area contributed by atoms with Gasteiger partial charge in [-0.15, -0.1) is 0 Å². The summed E-state index contributed by atoms with van der Waals surface area (Å²) in [4.78, 5) is 0. The molecule has 5 rings (SSSR count). The number of hydrogen-bond acceptors (Lipinski definition) is 6. The highest BCUT2D eigenvalue weighted by Gasteiger charge is 2.28. The number of benzene rings is 3. The summed E-state index contributed by atoms with van der Waals surface area (Å²) in [5.41, 5.74) is 7.43. The number of fused-ring (bicyclic) bond motifs is 2. The zero-order valence-electron chi connectivity index (χ0n) is 19.8. The Kier molecular flexibility index (Phi) is 6.32. The number of methoxy groups -OCH3 is 2. The fourth-order valence-corrected chi connectivity index (χ4v) is 4.63. The lowest BCUT2D eigenvalue weighted by Gasteiger charge is -2.26. The van der Waals surface area contributed by atoms with Gasteiger partial charge >= 0.3 is 0 Å². The summed E-state index contributed by atoms with van der Waals surface area (Å²) in [6, 6.07) is 18.4. The van der Waals surface area contributed by atoms with Gasteiger partial charge < -0.3 is 29.0 Å². The maximum absolute atomic E-state index is 6.44. The number of rotatable bonds is 7. The van der Waals surface area contributed by atoms with E-state index in [-0.39, 0.29) is 6.79 Å². The van der Waals surface area contributed by atoms with Gasteiger partial charge in [-0.05, 0) is 65.9 Å². The van der Waals surface area contributed by atoms with Gasteiger partial charge in [-0.25, -0.2) is 0 Å². The second kappa shape index (κ2) is 9.69. The van der Waals surface area contributed by atoms with E-state index in [0.717, 1.165) is 58.8 Å². The molecule has 0 bridgehead atoms. The highest BCUT2D eigenvalue weighted by molar-refractivity contribution is 5.88. The second-order valence-electron chi connectivity index (χ2n) is 8.37. The van der Waals surface area contributed by atoms with Crippen LogP contribution in [0.25, 0.3) is 5.57 Å². The predicted molar refractivity (Wildman–Crippen MR) is 130 cm³/mol. The van der Waals surface area contributed by atoms with Gasteiger partial charge in [0.2, 0.25) is 6.79 Å². The molecule has 0 aliphatic carbocycles. The molecule has 2 aliphatic heterocycles. The molecule has 0 radical (unpaired) electrons. The molecule has 0 saturated carbocycles. The Morgan fingerprint density at radius 2 is 1.74 bits per heavy atom. The number of nitrogens with one attached hydrogen (secondary N) is 1. The van der Waals surface area contributed by atoms with E-state index in [1.165, 1.54) is 11.1 Å². The summed E-state index contributed by atoms with van der Waals surface area (Å²) in [5.74, 6) is 2.68. The van der Waals surface area contributed by atoms with Crippen LogP contribution >= 0.6 is 0 Å². The van der Waals surface area contributed by atoms with Gasteiger partial charge in [-0.2, -0.15) is 0 Å². The third-order valence-corrected chi connectivity index (χ3v) is 6.29. The van der Waals surface area contributed by atoms with Crippen LogP contribution in [0.5, 0.6) is 17.2 Å². The van der Waals surface area contributed by atoms with Crippen molar-refractivity contribution in [2.24, 2.45) is 0 Å². The minimum atomic E-state index is 0.219. The summed E-state index contributed by atoms with van der Waals surface area (Å²) >= 11 is 0. The Morgan fingerprint density at radius 3 is 2.50 bits per heavy atom. The van der Waals surface area contributed by atoms with Gasteiger partial charge in [0.15, 0.2) is 11.5 Å². The van der Waals surface area contributed by atoms with Gasteiger partial charge in [-0.1, -0.05) is 36.4 Å². The first-order valence-electron chi connectivity index (χ1n) is 11.4. The third kappa shape index (κ3) is 4.17. The zero-order valence-corrected chi connectivity index (χ0v) is 19.8. The van der Waals surface area contributed by atoms with Crippen LogP contribution in [0.15, 0.2) is 60.5 Å². The monoisotopic (exact) mass is 459 g/mol. The SMILES string of the molecule is COC(OC)=C(c1cc2c(cc1C)OCO2)c1c(OCc2ccccc2)ccc2c1CCNC2. The summed E-state index contributed by atoms with van der Waals surface area (Å²) in [5, 5.41) is 3.47. The molecule has 1 N–H and O–H groups in total. The largest absolute Gasteiger partial charge is 0.488 e. The van der Waals surface area contributed by atoms with Gasteiger partial charge in [0, 0.05) is 12.1 Å². The van der Waals surface area contributed by atoms with Crippen LogP contribution in [0, 0.1) is 6.92 Å². The molecule has 0 spiro atoms. The van der Waals surface area contributed by atoms with Crippen molar-refractivity contribution in [2.45, 2.75) is 26.5 Å². The second-order valence-corrected chi connectivity index (χ2v) is 8.37. The van der Waals surface area contributed by atoms with E-state index in [9.17, 15) is 0 Å². The lowest BCUT2D eigenvalue weighted by atomic mass is 9.86. The molecule has 0 fully saturated rings. The maximum atomic E-state index is 6.44.